The van der Waals surface area contributed by atoms with Crippen LogP contribution in [0.1, 0.15) is 30.2 Å². The van der Waals surface area contributed by atoms with Gasteiger partial charge >= 0.3 is 0 Å². The fraction of sp³-hybridized carbons (Fsp3) is 0. The molecule has 0 aliphatic rings. The zero-order valence-electron chi connectivity index (χ0n) is 43.7. The van der Waals surface area contributed by atoms with Gasteiger partial charge in [-0.3, -0.25) is 0 Å². The van der Waals surface area contributed by atoms with E-state index >= 15 is 0 Å². The molecule has 0 radical (unpaired) electrons. The first-order valence-electron chi connectivity index (χ1n) is 24.0. The number of para-hydroxylation sites is 2. The lowest BCUT2D eigenvalue weighted by Gasteiger charge is -2.20. The van der Waals surface area contributed by atoms with Crippen LogP contribution in [-0.2, 0) is 0 Å². The minimum Gasteiger partial charge on any atom is -0.455 e. The second-order valence-electron chi connectivity index (χ2n) is 9.56. The summed E-state index contributed by atoms with van der Waals surface area (Å²) in [6, 6.07) is -10.8. The average molecular weight is 569 g/mol. The van der Waals surface area contributed by atoms with Crippen LogP contribution in [0.25, 0.3) is 87.6 Å². The molecule has 0 fully saturated rings. The number of hydrogen-bond donors (Lipinski definition) is 0. The van der Waals surface area contributed by atoms with E-state index < -0.39 is 182 Å². The first kappa shape index (κ1) is 10.9. The van der Waals surface area contributed by atoms with Gasteiger partial charge < -0.3 is 4.42 Å². The third-order valence-electron chi connectivity index (χ3n) is 7.28. The van der Waals surface area contributed by atoms with E-state index in [4.69, 9.17) is 25.0 Å². The second-order valence-corrected chi connectivity index (χ2v) is 9.56. The first-order valence-corrected chi connectivity index (χ1v) is 13.0. The van der Waals surface area contributed by atoms with Crippen LogP contribution in [0.5, 0.6) is 0 Å². The Morgan fingerprint density at radius 1 is 0.419 bits per heavy atom. The Morgan fingerprint density at radius 3 is 1.74 bits per heavy atom. The highest BCUT2D eigenvalue weighted by molar-refractivity contribution is 6.23. The van der Waals surface area contributed by atoms with Crippen molar-refractivity contribution in [3.8, 4) is 33.4 Å². The van der Waals surface area contributed by atoms with E-state index in [1.54, 1.807) is 0 Å². The van der Waals surface area contributed by atoms with Crippen molar-refractivity contribution in [2.24, 2.45) is 0 Å². The van der Waals surface area contributed by atoms with Crippen LogP contribution in [0.15, 0.2) is 162 Å². The zero-order valence-corrected chi connectivity index (χ0v) is 21.7. The molecule has 0 spiro atoms. The molecular formula is C42H26O. The molecule has 0 aliphatic carbocycles. The molecule has 43 heavy (non-hydrogen) atoms. The van der Waals surface area contributed by atoms with Crippen molar-refractivity contribution in [1.29, 1.82) is 0 Å². The van der Waals surface area contributed by atoms with Gasteiger partial charge in [0.05, 0.1) is 30.2 Å². The summed E-state index contributed by atoms with van der Waals surface area (Å²) in [5.74, 6) is 0. The van der Waals surface area contributed by atoms with Crippen LogP contribution in [0, 0.1) is 0 Å². The van der Waals surface area contributed by atoms with Crippen molar-refractivity contribution < 1.29 is 34.6 Å². The minimum atomic E-state index is -0.859. The monoisotopic (exact) mass is 568 g/mol. The predicted molar refractivity (Wildman–Crippen MR) is 183 cm³/mol. The van der Waals surface area contributed by atoms with Crippen molar-refractivity contribution in [2.75, 3.05) is 0 Å². The summed E-state index contributed by atoms with van der Waals surface area (Å²) in [5, 5.41) is -3.43. The van der Waals surface area contributed by atoms with E-state index in [2.05, 4.69) is 0 Å². The van der Waals surface area contributed by atoms with E-state index in [1.165, 1.54) is 24.3 Å². The average Bonchev–Trinajstić information content (AvgIpc) is 3.69. The first-order chi connectivity index (χ1) is 30.5. The maximum atomic E-state index is 9.46. The Morgan fingerprint density at radius 2 is 1.00 bits per heavy atom. The predicted octanol–water partition coefficient (Wildman–Crippen LogP) is 12.0. The zero-order chi connectivity index (χ0) is 47.5. The summed E-state index contributed by atoms with van der Waals surface area (Å²) >= 11 is 0. The number of benzene rings is 8. The Kier molecular flexibility index (Phi) is 2.39. The van der Waals surface area contributed by atoms with Crippen LogP contribution < -0.4 is 0 Å². The van der Waals surface area contributed by atoms with E-state index in [9.17, 15) is 9.60 Å². The molecule has 200 valence electrons. The maximum Gasteiger partial charge on any atom is 0.143 e. The van der Waals surface area contributed by atoms with Gasteiger partial charge in [0.25, 0.3) is 0 Å². The molecule has 0 bridgehead atoms. The van der Waals surface area contributed by atoms with Gasteiger partial charge in [0.2, 0.25) is 0 Å². The second kappa shape index (κ2) is 9.44. The Hall–Kier alpha value is -5.66. The summed E-state index contributed by atoms with van der Waals surface area (Å²) in [6.45, 7) is 0. The van der Waals surface area contributed by atoms with Crippen LogP contribution >= 0.6 is 0 Å². The number of hydrogen-bond acceptors (Lipinski definition) is 1. The smallest absolute Gasteiger partial charge is 0.143 e. The molecule has 0 unspecified atom stereocenters. The molecule has 0 saturated carbocycles. The fourth-order valence-electron chi connectivity index (χ4n) is 5.49. The van der Waals surface area contributed by atoms with E-state index in [0.29, 0.717) is 0 Å². The van der Waals surface area contributed by atoms with Crippen LogP contribution in [0.3, 0.4) is 0 Å². The topological polar surface area (TPSA) is 13.1 Å². The van der Waals surface area contributed by atoms with Crippen LogP contribution in [-0.4, -0.2) is 0 Å². The van der Waals surface area contributed by atoms with Crippen LogP contribution in [0.2, 0.25) is 0 Å². The largest absolute Gasteiger partial charge is 0.455 e. The molecule has 0 atom stereocenters. The van der Waals surface area contributed by atoms with Gasteiger partial charge in [0.15, 0.2) is 0 Å². The quantitative estimate of drug-likeness (QED) is 0.193. The highest BCUT2D eigenvalue weighted by Gasteiger charge is 2.20. The third kappa shape index (κ3) is 3.65. The molecular weight excluding hydrogens is 520 g/mol. The molecule has 0 saturated heterocycles. The lowest BCUT2D eigenvalue weighted by molar-refractivity contribution is 0.670. The third-order valence-corrected chi connectivity index (χ3v) is 7.28. The van der Waals surface area contributed by atoms with Gasteiger partial charge in [-0.05, 0) is 72.2 Å². The molecule has 8 aromatic carbocycles. The molecule has 1 heterocycles. The number of rotatable bonds is 3. The summed E-state index contributed by atoms with van der Waals surface area (Å²) < 4.78 is 202. The van der Waals surface area contributed by atoms with Gasteiger partial charge in [0.1, 0.15) is 11.2 Å². The molecule has 1 nitrogen and oxygen atoms in total. The fourth-order valence-corrected chi connectivity index (χ4v) is 5.49. The van der Waals surface area contributed by atoms with E-state index in [-0.39, 0.29) is 38.6 Å². The highest BCUT2D eigenvalue weighted by atomic mass is 16.3. The Balaban J connectivity index is 1.58. The minimum absolute atomic E-state index is 0.0713. The summed E-state index contributed by atoms with van der Waals surface area (Å²) in [7, 11) is 0. The standard InChI is InChI=1S/C42H26O/c1-2-13-28-26-29(25-24-27(28)12-1)40-33-17-5-7-19-35(33)41(36-20-8-6-18-34(36)40)32-16-4-3-14-30(32)37-21-11-22-38-31-15-9-10-23-39(31)43-42(37)38/h1-26H/i1D,2D,5D,6D,7D,8D,9D,10D,11D,12D,13D,15D,17D,18D,19D,20D,21D,22D,23D,24D,25D,26D. The summed E-state index contributed by atoms with van der Waals surface area (Å²) in [4.78, 5) is 0. The molecule has 0 aliphatic heterocycles. The van der Waals surface area contributed by atoms with Crippen molar-refractivity contribution in [3.63, 3.8) is 0 Å². The van der Waals surface area contributed by atoms with E-state index in [1.807, 2.05) is 0 Å². The molecule has 0 amide bonds. The maximum absolute atomic E-state index is 9.46. The molecule has 1 aromatic heterocycles. The molecule has 9 aromatic rings. The van der Waals surface area contributed by atoms with Crippen molar-refractivity contribution in [3.05, 3.63) is 157 Å². The van der Waals surface area contributed by atoms with Crippen LogP contribution in [0.4, 0.5) is 0 Å². The van der Waals surface area contributed by atoms with Gasteiger partial charge in [0, 0.05) is 16.3 Å². The van der Waals surface area contributed by atoms with Crippen molar-refractivity contribution in [1.82, 2.24) is 0 Å². The Labute approximate surface area is 280 Å². The summed E-state index contributed by atoms with van der Waals surface area (Å²) in [5.41, 5.74) is -2.63. The lowest BCUT2D eigenvalue weighted by atomic mass is 9.83. The van der Waals surface area contributed by atoms with Gasteiger partial charge in [-0.2, -0.15) is 0 Å². The summed E-state index contributed by atoms with van der Waals surface area (Å²) in [6.07, 6.45) is 0. The molecule has 0 N–H and O–H groups in total. The highest BCUT2D eigenvalue weighted by Crippen LogP contribution is 2.47. The van der Waals surface area contributed by atoms with Crippen molar-refractivity contribution >= 4 is 54.3 Å². The van der Waals surface area contributed by atoms with Crippen molar-refractivity contribution in [2.45, 2.75) is 0 Å². The number of fused-ring (bicyclic) bond motifs is 6. The van der Waals surface area contributed by atoms with Gasteiger partial charge in [-0.25, -0.2) is 0 Å². The molecule has 9 rings (SSSR count). The SMILES string of the molecule is [2H]c1c([2H])c([2H])c2c(oc3c(-c4ccccc4-c4c5c([2H])c([2H])c([2H])c([2H])c5c(-c5c([2H])c([2H])c6c([2H])c([2H])c([2H])c([2H])c6c5[2H])c5c([2H])c([2H])c([2H])c([2H])c45)c([2H])c([2H])c([2H])c32)c1[2H]. The lowest BCUT2D eigenvalue weighted by Crippen LogP contribution is -1.93. The number of furan rings is 1. The van der Waals surface area contributed by atoms with Gasteiger partial charge in [-0.15, -0.1) is 0 Å². The van der Waals surface area contributed by atoms with Gasteiger partial charge in [-0.1, -0.05) is 145 Å². The molecule has 1 heteroatoms. The normalized spacial score (nSPS) is 18.9. The Bertz CT molecular complexity index is 3660. The van der Waals surface area contributed by atoms with E-state index in [0.717, 1.165) is 0 Å².